The van der Waals surface area contributed by atoms with E-state index < -0.39 is 0 Å². The van der Waals surface area contributed by atoms with Crippen LogP contribution in [0.15, 0.2) is 10.4 Å². The first kappa shape index (κ1) is 9.02. The van der Waals surface area contributed by atoms with E-state index >= 15 is 0 Å². The fraction of sp³-hybridized carbons (Fsp3) is 0.500. The number of aromatic nitrogens is 1. The van der Waals surface area contributed by atoms with Crippen molar-refractivity contribution in [2.75, 3.05) is 18.0 Å². The third kappa shape index (κ3) is 2.03. The molecule has 1 aliphatic rings. The zero-order chi connectivity index (χ0) is 9.26. The van der Waals surface area contributed by atoms with Crippen molar-refractivity contribution in [2.24, 2.45) is 0 Å². The molecular formula is C8H10N2OS2. The number of anilines is 1. The van der Waals surface area contributed by atoms with Gasteiger partial charge in [-0.1, -0.05) is 0 Å². The molecule has 0 spiro atoms. The van der Waals surface area contributed by atoms with Gasteiger partial charge in [0, 0.05) is 31.3 Å². The molecule has 5 heteroatoms. The van der Waals surface area contributed by atoms with Gasteiger partial charge < -0.3 is 4.90 Å². The number of rotatable bonds is 1. The van der Waals surface area contributed by atoms with Crippen LogP contribution >= 0.6 is 24.0 Å². The average molecular weight is 214 g/mol. The predicted molar refractivity (Wildman–Crippen MR) is 55.8 cm³/mol. The molecule has 3 nitrogen and oxygen atoms in total. The number of carbonyl (C=O) groups is 1. The molecule has 0 atom stereocenters. The summed E-state index contributed by atoms with van der Waals surface area (Å²) in [5.74, 6) is 0.360. The Balaban J connectivity index is 2.06. The van der Waals surface area contributed by atoms with Crippen LogP contribution in [-0.4, -0.2) is 23.9 Å². The first-order chi connectivity index (χ1) is 6.25. The summed E-state index contributed by atoms with van der Waals surface area (Å²) in [4.78, 5) is 17.4. The highest BCUT2D eigenvalue weighted by Gasteiger charge is 2.18. The van der Waals surface area contributed by atoms with Crippen LogP contribution in [-0.2, 0) is 4.79 Å². The number of ketones is 1. The molecule has 0 unspecified atom stereocenters. The number of nitrogens with zero attached hydrogens (tertiary/aromatic N) is 2. The second-order valence-electron chi connectivity index (χ2n) is 3.01. The van der Waals surface area contributed by atoms with Crippen molar-refractivity contribution in [3.63, 3.8) is 0 Å². The highest BCUT2D eigenvalue weighted by Crippen LogP contribution is 2.24. The van der Waals surface area contributed by atoms with Crippen molar-refractivity contribution in [3.05, 3.63) is 5.38 Å². The van der Waals surface area contributed by atoms with Gasteiger partial charge in [-0.25, -0.2) is 4.98 Å². The molecule has 0 aliphatic carbocycles. The Morgan fingerprint density at radius 1 is 1.46 bits per heavy atom. The van der Waals surface area contributed by atoms with E-state index in [0.29, 0.717) is 18.6 Å². The van der Waals surface area contributed by atoms with Gasteiger partial charge in [-0.05, 0) is 0 Å². The van der Waals surface area contributed by atoms with Gasteiger partial charge in [-0.15, -0.1) is 24.0 Å². The molecule has 0 bridgehead atoms. The number of hydrogen-bond donors (Lipinski definition) is 1. The van der Waals surface area contributed by atoms with Crippen LogP contribution in [0.3, 0.4) is 0 Å². The maximum absolute atomic E-state index is 11.0. The molecule has 0 N–H and O–H groups in total. The van der Waals surface area contributed by atoms with Gasteiger partial charge in [-0.2, -0.15) is 0 Å². The van der Waals surface area contributed by atoms with Crippen LogP contribution in [0, 0.1) is 0 Å². The van der Waals surface area contributed by atoms with E-state index in [4.69, 9.17) is 0 Å². The van der Waals surface area contributed by atoms with Gasteiger partial charge in [0.2, 0.25) is 0 Å². The Labute approximate surface area is 86.2 Å². The molecule has 2 rings (SSSR count). The molecule has 0 amide bonds. The monoisotopic (exact) mass is 214 g/mol. The molecular weight excluding hydrogens is 204 g/mol. The fourth-order valence-corrected chi connectivity index (χ4v) is 2.42. The predicted octanol–water partition coefficient (Wildman–Crippen LogP) is 1.60. The van der Waals surface area contributed by atoms with Gasteiger partial charge in [0.25, 0.3) is 0 Å². The molecule has 1 fully saturated rings. The molecule has 13 heavy (non-hydrogen) atoms. The fourth-order valence-electron chi connectivity index (χ4n) is 1.35. The van der Waals surface area contributed by atoms with Crippen molar-refractivity contribution < 1.29 is 4.79 Å². The van der Waals surface area contributed by atoms with Crippen molar-refractivity contribution in [1.29, 1.82) is 0 Å². The highest BCUT2D eigenvalue weighted by molar-refractivity contribution is 7.80. The van der Waals surface area contributed by atoms with E-state index in [1.54, 1.807) is 11.3 Å². The molecule has 2 heterocycles. The first-order valence-electron chi connectivity index (χ1n) is 4.17. The quantitative estimate of drug-likeness (QED) is 0.721. The smallest absolute Gasteiger partial charge is 0.186 e. The topological polar surface area (TPSA) is 33.2 Å². The van der Waals surface area contributed by atoms with Crippen LogP contribution in [0.2, 0.25) is 0 Å². The zero-order valence-electron chi connectivity index (χ0n) is 7.06. The van der Waals surface area contributed by atoms with Crippen LogP contribution in [0.5, 0.6) is 0 Å². The number of carbonyl (C=O) groups excluding carboxylic acids is 1. The van der Waals surface area contributed by atoms with Crippen molar-refractivity contribution >= 4 is 34.9 Å². The van der Waals surface area contributed by atoms with Crippen LogP contribution in [0.4, 0.5) is 5.13 Å². The maximum atomic E-state index is 11.0. The van der Waals surface area contributed by atoms with Gasteiger partial charge in [0.15, 0.2) is 5.13 Å². The first-order valence-corrected chi connectivity index (χ1v) is 5.49. The summed E-state index contributed by atoms with van der Waals surface area (Å²) in [7, 11) is 0. The lowest BCUT2D eigenvalue weighted by Gasteiger charge is -2.25. The number of thiazole rings is 1. The number of thiol groups is 1. The molecule has 1 aromatic rings. The van der Waals surface area contributed by atoms with E-state index in [0.717, 1.165) is 23.2 Å². The molecule has 0 radical (unpaired) electrons. The lowest BCUT2D eigenvalue weighted by atomic mass is 10.1. The molecule has 1 saturated heterocycles. The minimum Gasteiger partial charge on any atom is -0.347 e. The Morgan fingerprint density at radius 2 is 2.15 bits per heavy atom. The summed E-state index contributed by atoms with van der Waals surface area (Å²) >= 11 is 5.73. The van der Waals surface area contributed by atoms with E-state index in [-0.39, 0.29) is 0 Å². The maximum Gasteiger partial charge on any atom is 0.186 e. The summed E-state index contributed by atoms with van der Waals surface area (Å²) < 4.78 is 0. The molecule has 1 aromatic heterocycles. The van der Waals surface area contributed by atoms with Gasteiger partial charge in [0.05, 0.1) is 0 Å². The van der Waals surface area contributed by atoms with Crippen molar-refractivity contribution in [3.8, 4) is 0 Å². The summed E-state index contributed by atoms with van der Waals surface area (Å²) in [6, 6.07) is 0. The average Bonchev–Trinajstić information content (AvgIpc) is 2.53. The Bertz CT molecular complexity index is 314. The number of piperidine rings is 1. The minimum absolute atomic E-state index is 0.360. The summed E-state index contributed by atoms with van der Waals surface area (Å²) in [6.07, 6.45) is 1.31. The second kappa shape index (κ2) is 3.67. The minimum atomic E-state index is 0.360. The van der Waals surface area contributed by atoms with Gasteiger partial charge in [0.1, 0.15) is 10.8 Å². The Hall–Kier alpha value is -0.550. The van der Waals surface area contributed by atoms with Gasteiger partial charge >= 0.3 is 0 Å². The summed E-state index contributed by atoms with van der Waals surface area (Å²) in [5.41, 5.74) is 0. The van der Waals surface area contributed by atoms with E-state index in [1.165, 1.54) is 0 Å². The Morgan fingerprint density at radius 3 is 2.69 bits per heavy atom. The summed E-state index contributed by atoms with van der Waals surface area (Å²) in [6.45, 7) is 1.61. The number of Topliss-reactive ketones (excluding diaryl/α,β-unsaturated/α-hetero) is 1. The van der Waals surface area contributed by atoms with Gasteiger partial charge in [-0.3, -0.25) is 4.79 Å². The van der Waals surface area contributed by atoms with E-state index in [1.807, 2.05) is 5.38 Å². The molecule has 70 valence electrons. The van der Waals surface area contributed by atoms with Crippen LogP contribution in [0.25, 0.3) is 0 Å². The normalized spacial score (nSPS) is 17.9. The summed E-state index contributed by atoms with van der Waals surface area (Å²) in [5, 5.41) is 3.66. The van der Waals surface area contributed by atoms with Crippen LogP contribution < -0.4 is 4.90 Å². The zero-order valence-corrected chi connectivity index (χ0v) is 8.77. The highest BCUT2D eigenvalue weighted by atomic mass is 32.1. The van der Waals surface area contributed by atoms with Crippen molar-refractivity contribution in [1.82, 2.24) is 4.98 Å². The Kier molecular flexibility index (Phi) is 2.55. The molecule has 1 aliphatic heterocycles. The lowest BCUT2D eigenvalue weighted by molar-refractivity contribution is -0.119. The standard InChI is InChI=1S/C8H10N2OS2/c11-6-1-3-10(4-2-6)8-9-7(12)5-13-8/h5,12H,1-4H2. The van der Waals surface area contributed by atoms with Crippen molar-refractivity contribution in [2.45, 2.75) is 17.9 Å². The third-order valence-electron chi connectivity index (χ3n) is 2.07. The second-order valence-corrected chi connectivity index (χ2v) is 4.31. The third-order valence-corrected chi connectivity index (χ3v) is 3.38. The number of hydrogen-bond acceptors (Lipinski definition) is 5. The SMILES string of the molecule is O=C1CCN(c2nc(S)cs2)CC1. The van der Waals surface area contributed by atoms with E-state index in [2.05, 4.69) is 22.5 Å². The largest absolute Gasteiger partial charge is 0.347 e. The van der Waals surface area contributed by atoms with Crippen LogP contribution in [0.1, 0.15) is 12.8 Å². The lowest BCUT2D eigenvalue weighted by Crippen LogP contribution is -2.33. The van der Waals surface area contributed by atoms with E-state index in [9.17, 15) is 4.79 Å². The molecule has 0 saturated carbocycles. The molecule has 0 aromatic carbocycles.